The zero-order valence-electron chi connectivity index (χ0n) is 4.61. The monoisotopic (exact) mass is 190 g/mol. The minimum absolute atomic E-state index is 0. The van der Waals surface area contributed by atoms with Gasteiger partial charge in [-0.3, -0.25) is 0 Å². The molecule has 0 aromatic heterocycles. The highest BCUT2D eigenvalue weighted by atomic mass is 79.9. The Bertz CT molecular complexity index is 162. The smallest absolute Gasteiger partial charge is 0.290 e. The van der Waals surface area contributed by atoms with Crippen molar-refractivity contribution >= 4 is 23.0 Å². The van der Waals surface area contributed by atoms with E-state index in [1.807, 2.05) is 0 Å². The van der Waals surface area contributed by atoms with Gasteiger partial charge in [-0.15, -0.1) is 17.0 Å². The van der Waals surface area contributed by atoms with Gasteiger partial charge in [0, 0.05) is 12.4 Å². The SMILES string of the molecule is Br.OC1=NC=CC=CN1. The summed E-state index contributed by atoms with van der Waals surface area (Å²) in [5.41, 5.74) is 0. The highest BCUT2D eigenvalue weighted by Crippen LogP contribution is 1.82. The summed E-state index contributed by atoms with van der Waals surface area (Å²) >= 11 is 0. The van der Waals surface area contributed by atoms with Crippen LogP contribution >= 0.6 is 17.0 Å². The zero-order chi connectivity index (χ0) is 5.82. The molecular formula is C5H7BrN2O. The molecule has 0 spiro atoms. The van der Waals surface area contributed by atoms with E-state index in [9.17, 15) is 0 Å². The fraction of sp³-hybridized carbons (Fsp3) is 0. The topological polar surface area (TPSA) is 44.6 Å². The number of aliphatic hydroxyl groups is 1. The van der Waals surface area contributed by atoms with E-state index < -0.39 is 0 Å². The summed E-state index contributed by atoms with van der Waals surface area (Å²) in [5.74, 6) is 0. The first-order valence-electron chi connectivity index (χ1n) is 2.24. The van der Waals surface area contributed by atoms with Crippen LogP contribution in [0.4, 0.5) is 0 Å². The molecule has 0 aromatic rings. The lowest BCUT2D eigenvalue weighted by Crippen LogP contribution is -2.14. The lowest BCUT2D eigenvalue weighted by molar-refractivity contribution is 0.529. The second-order valence-corrected chi connectivity index (χ2v) is 1.30. The highest BCUT2D eigenvalue weighted by Gasteiger charge is 1.85. The van der Waals surface area contributed by atoms with Crippen LogP contribution in [0.5, 0.6) is 0 Å². The van der Waals surface area contributed by atoms with Gasteiger partial charge >= 0.3 is 0 Å². The van der Waals surface area contributed by atoms with Crippen molar-refractivity contribution in [2.45, 2.75) is 0 Å². The molecule has 1 rings (SSSR count). The normalized spacial score (nSPS) is 14.9. The first-order chi connectivity index (χ1) is 3.89. The van der Waals surface area contributed by atoms with Crippen molar-refractivity contribution in [1.82, 2.24) is 5.32 Å². The van der Waals surface area contributed by atoms with Crippen LogP contribution < -0.4 is 5.32 Å². The Hall–Kier alpha value is -0.770. The summed E-state index contributed by atoms with van der Waals surface area (Å²) in [4.78, 5) is 3.54. The summed E-state index contributed by atoms with van der Waals surface area (Å²) in [7, 11) is 0. The number of nitrogens with zero attached hydrogens (tertiary/aromatic N) is 1. The van der Waals surface area contributed by atoms with Gasteiger partial charge in [-0.25, -0.2) is 4.99 Å². The summed E-state index contributed by atoms with van der Waals surface area (Å²) in [6, 6.07) is -0.0741. The van der Waals surface area contributed by atoms with E-state index in [1.54, 1.807) is 18.4 Å². The van der Waals surface area contributed by atoms with Gasteiger partial charge in [0.25, 0.3) is 6.02 Å². The predicted molar refractivity (Wildman–Crippen MR) is 41.8 cm³/mol. The predicted octanol–water partition coefficient (Wildman–Crippen LogP) is 1.11. The Labute approximate surface area is 63.6 Å². The third-order valence-corrected chi connectivity index (χ3v) is 0.703. The molecule has 0 amide bonds. The molecule has 0 saturated carbocycles. The van der Waals surface area contributed by atoms with Crippen molar-refractivity contribution in [2.75, 3.05) is 0 Å². The summed E-state index contributed by atoms with van der Waals surface area (Å²) < 4.78 is 0. The maximum atomic E-state index is 8.63. The Morgan fingerprint density at radius 2 is 2.22 bits per heavy atom. The number of amidine groups is 1. The lowest BCUT2D eigenvalue weighted by Gasteiger charge is -1.89. The van der Waals surface area contributed by atoms with Crippen LogP contribution in [0.2, 0.25) is 0 Å². The molecular weight excluding hydrogens is 184 g/mol. The molecule has 0 saturated heterocycles. The molecule has 1 heterocycles. The molecule has 0 radical (unpaired) electrons. The van der Waals surface area contributed by atoms with Crippen molar-refractivity contribution in [1.29, 1.82) is 0 Å². The number of hydrogen-bond donors (Lipinski definition) is 2. The molecule has 0 bridgehead atoms. The van der Waals surface area contributed by atoms with Gasteiger partial charge in [0.2, 0.25) is 0 Å². The van der Waals surface area contributed by atoms with Crippen molar-refractivity contribution in [2.24, 2.45) is 4.99 Å². The highest BCUT2D eigenvalue weighted by molar-refractivity contribution is 8.93. The van der Waals surface area contributed by atoms with Gasteiger partial charge in [-0.1, -0.05) is 0 Å². The van der Waals surface area contributed by atoms with Gasteiger partial charge in [-0.2, -0.15) is 0 Å². The second-order valence-electron chi connectivity index (χ2n) is 1.30. The number of hydrogen-bond acceptors (Lipinski definition) is 2. The molecule has 0 aromatic carbocycles. The Morgan fingerprint density at radius 3 is 3.00 bits per heavy atom. The van der Waals surface area contributed by atoms with Crippen LogP contribution in [0.15, 0.2) is 29.5 Å². The number of aliphatic hydroxyl groups excluding tert-OH is 1. The number of rotatable bonds is 0. The lowest BCUT2D eigenvalue weighted by atomic mass is 10.6. The molecule has 0 atom stereocenters. The molecule has 0 fully saturated rings. The minimum Gasteiger partial charge on any atom is -0.480 e. The van der Waals surface area contributed by atoms with Crippen LogP contribution in [0.25, 0.3) is 0 Å². The fourth-order valence-electron chi connectivity index (χ4n) is 0.379. The number of allylic oxidation sites excluding steroid dienone is 2. The van der Waals surface area contributed by atoms with E-state index in [-0.39, 0.29) is 23.0 Å². The maximum Gasteiger partial charge on any atom is 0.290 e. The van der Waals surface area contributed by atoms with Crippen molar-refractivity contribution in [3.63, 3.8) is 0 Å². The largest absolute Gasteiger partial charge is 0.480 e. The molecule has 4 heteroatoms. The quantitative estimate of drug-likeness (QED) is 0.602. The second kappa shape index (κ2) is 4.14. The van der Waals surface area contributed by atoms with Crippen molar-refractivity contribution in [3.05, 3.63) is 24.6 Å². The average molecular weight is 191 g/mol. The van der Waals surface area contributed by atoms with E-state index in [0.29, 0.717) is 0 Å². The minimum atomic E-state index is -0.0741. The van der Waals surface area contributed by atoms with Gasteiger partial charge in [0.05, 0.1) is 0 Å². The van der Waals surface area contributed by atoms with Crippen molar-refractivity contribution in [3.8, 4) is 0 Å². The number of halogens is 1. The number of aliphatic imine (C=N–C) groups is 1. The first-order valence-corrected chi connectivity index (χ1v) is 2.24. The summed E-state index contributed by atoms with van der Waals surface area (Å²) in [5, 5.41) is 11.1. The van der Waals surface area contributed by atoms with Crippen LogP contribution in [-0.2, 0) is 0 Å². The van der Waals surface area contributed by atoms with Crippen molar-refractivity contribution < 1.29 is 5.11 Å². The molecule has 3 nitrogen and oxygen atoms in total. The molecule has 9 heavy (non-hydrogen) atoms. The summed E-state index contributed by atoms with van der Waals surface area (Å²) in [6.07, 6.45) is 6.57. The molecule has 1 aliphatic heterocycles. The van der Waals surface area contributed by atoms with Gasteiger partial charge in [-0.05, 0) is 12.2 Å². The van der Waals surface area contributed by atoms with E-state index in [2.05, 4.69) is 10.3 Å². The van der Waals surface area contributed by atoms with Gasteiger partial charge in [0.1, 0.15) is 0 Å². The molecule has 50 valence electrons. The number of nitrogens with one attached hydrogen (secondary N) is 1. The maximum absolute atomic E-state index is 8.63. The van der Waals surface area contributed by atoms with E-state index in [0.717, 1.165) is 0 Å². The molecule has 0 aliphatic carbocycles. The molecule has 0 unspecified atom stereocenters. The summed E-state index contributed by atoms with van der Waals surface area (Å²) in [6.45, 7) is 0. The molecule has 2 N–H and O–H groups in total. The Kier molecular flexibility index (Phi) is 3.79. The van der Waals surface area contributed by atoms with Crippen LogP contribution in [-0.4, -0.2) is 11.1 Å². The molecule has 1 aliphatic rings. The van der Waals surface area contributed by atoms with Crippen LogP contribution in [0.1, 0.15) is 0 Å². The Balaban J connectivity index is 0.000000640. The van der Waals surface area contributed by atoms with E-state index in [4.69, 9.17) is 5.11 Å². The zero-order valence-corrected chi connectivity index (χ0v) is 6.33. The van der Waals surface area contributed by atoms with E-state index >= 15 is 0 Å². The van der Waals surface area contributed by atoms with Gasteiger partial charge < -0.3 is 10.4 Å². The standard InChI is InChI=1S/C5H6N2O.BrH/c8-5-6-3-1-2-4-7-5;/h1-4H,(H2,6,7,8);1H. The third kappa shape index (κ3) is 2.92. The first kappa shape index (κ1) is 8.23. The fourth-order valence-corrected chi connectivity index (χ4v) is 0.379. The third-order valence-electron chi connectivity index (χ3n) is 0.703. The van der Waals surface area contributed by atoms with Gasteiger partial charge in [0.15, 0.2) is 0 Å². The van der Waals surface area contributed by atoms with Crippen LogP contribution in [0, 0.1) is 0 Å². The van der Waals surface area contributed by atoms with E-state index in [1.165, 1.54) is 6.20 Å². The Morgan fingerprint density at radius 1 is 1.44 bits per heavy atom. The average Bonchev–Trinajstić information content (AvgIpc) is 1.94. The van der Waals surface area contributed by atoms with Crippen LogP contribution in [0.3, 0.4) is 0 Å².